The van der Waals surface area contributed by atoms with Crippen LogP contribution in [0.15, 0.2) is 0 Å². The highest BCUT2D eigenvalue weighted by Crippen LogP contribution is 2.34. The van der Waals surface area contributed by atoms with Gasteiger partial charge < -0.3 is 10.2 Å². The van der Waals surface area contributed by atoms with Gasteiger partial charge >= 0.3 is 0 Å². The van der Waals surface area contributed by atoms with Crippen molar-refractivity contribution in [3.05, 3.63) is 0 Å². The Labute approximate surface area is 73.0 Å². The van der Waals surface area contributed by atoms with Crippen LogP contribution in [0.4, 0.5) is 0 Å². The summed E-state index contributed by atoms with van der Waals surface area (Å²) in [7, 11) is 0. The summed E-state index contributed by atoms with van der Waals surface area (Å²) in [6.45, 7) is 4.54. The van der Waals surface area contributed by atoms with E-state index in [0.29, 0.717) is 5.54 Å². The van der Waals surface area contributed by atoms with Crippen LogP contribution >= 0.6 is 12.2 Å². The lowest BCUT2D eigenvalue weighted by molar-refractivity contribution is 0.292. The molecule has 11 heavy (non-hydrogen) atoms. The molecule has 2 fully saturated rings. The average Bonchev–Trinajstić information content (AvgIpc) is 2.41. The van der Waals surface area contributed by atoms with Gasteiger partial charge in [0.15, 0.2) is 5.11 Å². The molecule has 0 spiro atoms. The molecule has 1 saturated heterocycles. The van der Waals surface area contributed by atoms with Crippen molar-refractivity contribution in [2.24, 2.45) is 0 Å². The molecule has 0 radical (unpaired) electrons. The molecule has 62 valence electrons. The number of thiocarbonyl (C=S) groups is 1. The number of nitrogens with one attached hydrogen (secondary N) is 1. The smallest absolute Gasteiger partial charge is 0.169 e. The third-order valence-corrected chi connectivity index (χ3v) is 2.91. The molecular formula is C8H14N2S. The third kappa shape index (κ3) is 1.48. The molecule has 1 aliphatic carbocycles. The lowest BCUT2D eigenvalue weighted by atomic mass is 10.2. The van der Waals surface area contributed by atoms with E-state index >= 15 is 0 Å². The second kappa shape index (κ2) is 2.34. The molecule has 1 N–H and O–H groups in total. The monoisotopic (exact) mass is 170 g/mol. The molecule has 1 saturated carbocycles. The van der Waals surface area contributed by atoms with Crippen molar-refractivity contribution in [1.82, 2.24) is 10.2 Å². The van der Waals surface area contributed by atoms with Crippen LogP contribution in [0.5, 0.6) is 0 Å². The normalized spacial score (nSPS) is 25.7. The number of rotatable bonds is 1. The molecule has 2 nitrogen and oxygen atoms in total. The summed E-state index contributed by atoms with van der Waals surface area (Å²) in [6.07, 6.45) is 3.86. The van der Waals surface area contributed by atoms with Gasteiger partial charge in [0.2, 0.25) is 0 Å². The zero-order chi connectivity index (χ0) is 7.90. The fourth-order valence-electron chi connectivity index (χ4n) is 1.17. The molecule has 0 aromatic carbocycles. The maximum atomic E-state index is 5.23. The summed E-state index contributed by atoms with van der Waals surface area (Å²) in [5.41, 5.74) is 0.354. The third-order valence-electron chi connectivity index (χ3n) is 2.55. The largest absolute Gasteiger partial charge is 0.357 e. The molecule has 0 atom stereocenters. The predicted octanol–water partition coefficient (Wildman–Crippen LogP) is 1.12. The molecule has 1 heterocycles. The van der Waals surface area contributed by atoms with E-state index in [-0.39, 0.29) is 0 Å². The van der Waals surface area contributed by atoms with Gasteiger partial charge in [-0.05, 0) is 38.4 Å². The minimum Gasteiger partial charge on any atom is -0.357 e. The van der Waals surface area contributed by atoms with Crippen molar-refractivity contribution in [1.29, 1.82) is 0 Å². The van der Waals surface area contributed by atoms with Gasteiger partial charge in [0.1, 0.15) is 0 Å². The molecule has 0 aromatic rings. The van der Waals surface area contributed by atoms with Crippen LogP contribution in [0.1, 0.15) is 26.2 Å². The van der Waals surface area contributed by atoms with Gasteiger partial charge in [0.25, 0.3) is 0 Å². The standard InChI is InChI=1S/C8H14N2S/c1-8(3-4-8)9-7(11)10-5-2-6-10/h2-6H2,1H3,(H,9,11). The first-order chi connectivity index (χ1) is 5.20. The fraction of sp³-hybridized carbons (Fsp3) is 0.875. The minimum absolute atomic E-state index is 0.354. The number of nitrogens with zero attached hydrogens (tertiary/aromatic N) is 1. The summed E-state index contributed by atoms with van der Waals surface area (Å²) < 4.78 is 0. The van der Waals surface area contributed by atoms with Crippen molar-refractivity contribution in [3.63, 3.8) is 0 Å². The lowest BCUT2D eigenvalue weighted by Crippen LogP contribution is -2.50. The number of likely N-dealkylation sites (tertiary alicyclic amines) is 1. The Hall–Kier alpha value is -0.310. The average molecular weight is 170 g/mol. The Kier molecular flexibility index (Phi) is 1.56. The van der Waals surface area contributed by atoms with E-state index < -0.39 is 0 Å². The van der Waals surface area contributed by atoms with Crippen LogP contribution in [0, 0.1) is 0 Å². The van der Waals surface area contributed by atoms with Crippen LogP contribution in [0.2, 0.25) is 0 Å². The molecule has 0 aromatic heterocycles. The second-order valence-electron chi connectivity index (χ2n) is 3.83. The number of hydrogen-bond donors (Lipinski definition) is 1. The summed E-state index contributed by atoms with van der Waals surface area (Å²) in [5, 5.41) is 4.36. The van der Waals surface area contributed by atoms with Gasteiger partial charge in [0.05, 0.1) is 0 Å². The van der Waals surface area contributed by atoms with Crippen LogP contribution in [0.25, 0.3) is 0 Å². The molecular weight excluding hydrogens is 156 g/mol. The van der Waals surface area contributed by atoms with Crippen molar-refractivity contribution in [2.45, 2.75) is 31.7 Å². The Morgan fingerprint density at radius 1 is 1.45 bits per heavy atom. The first kappa shape index (κ1) is 7.35. The Balaban J connectivity index is 1.81. The molecule has 0 bridgehead atoms. The Morgan fingerprint density at radius 3 is 2.45 bits per heavy atom. The molecule has 0 amide bonds. The van der Waals surface area contributed by atoms with Crippen LogP contribution < -0.4 is 5.32 Å². The van der Waals surface area contributed by atoms with Gasteiger partial charge in [-0.3, -0.25) is 0 Å². The van der Waals surface area contributed by atoms with E-state index in [1.807, 2.05) is 0 Å². The Morgan fingerprint density at radius 2 is 2.09 bits per heavy atom. The maximum absolute atomic E-state index is 5.23. The van der Waals surface area contributed by atoms with E-state index in [1.54, 1.807) is 0 Å². The van der Waals surface area contributed by atoms with Gasteiger partial charge in [-0.25, -0.2) is 0 Å². The zero-order valence-electron chi connectivity index (χ0n) is 6.89. The molecule has 1 aliphatic heterocycles. The maximum Gasteiger partial charge on any atom is 0.169 e. The van der Waals surface area contributed by atoms with Crippen molar-refractivity contribution in [2.75, 3.05) is 13.1 Å². The van der Waals surface area contributed by atoms with Crippen molar-refractivity contribution < 1.29 is 0 Å². The molecule has 0 unspecified atom stereocenters. The highest BCUT2D eigenvalue weighted by atomic mass is 32.1. The summed E-state index contributed by atoms with van der Waals surface area (Å²) in [6, 6.07) is 0. The minimum atomic E-state index is 0.354. The zero-order valence-corrected chi connectivity index (χ0v) is 7.71. The predicted molar refractivity (Wildman–Crippen MR) is 49.6 cm³/mol. The van der Waals surface area contributed by atoms with Gasteiger partial charge in [-0.1, -0.05) is 0 Å². The molecule has 3 heteroatoms. The summed E-state index contributed by atoms with van der Waals surface area (Å²) in [5.74, 6) is 0. The molecule has 2 rings (SSSR count). The quantitative estimate of drug-likeness (QED) is 0.594. The first-order valence-corrected chi connectivity index (χ1v) is 4.68. The SMILES string of the molecule is CC1(NC(=S)N2CCC2)CC1. The second-order valence-corrected chi connectivity index (χ2v) is 4.22. The van der Waals surface area contributed by atoms with E-state index in [4.69, 9.17) is 12.2 Å². The highest BCUT2D eigenvalue weighted by molar-refractivity contribution is 7.80. The van der Waals surface area contributed by atoms with E-state index in [1.165, 1.54) is 19.3 Å². The lowest BCUT2D eigenvalue weighted by Gasteiger charge is -2.34. The van der Waals surface area contributed by atoms with Crippen molar-refractivity contribution in [3.8, 4) is 0 Å². The van der Waals surface area contributed by atoms with E-state index in [0.717, 1.165) is 18.2 Å². The fourth-order valence-corrected chi connectivity index (χ4v) is 1.60. The Bertz CT molecular complexity index is 183. The van der Waals surface area contributed by atoms with Gasteiger partial charge in [0, 0.05) is 18.6 Å². The van der Waals surface area contributed by atoms with Gasteiger partial charge in [-0.15, -0.1) is 0 Å². The van der Waals surface area contributed by atoms with Crippen LogP contribution in [-0.4, -0.2) is 28.6 Å². The molecule has 2 aliphatic rings. The van der Waals surface area contributed by atoms with E-state index in [2.05, 4.69) is 17.1 Å². The summed E-state index contributed by atoms with van der Waals surface area (Å²) in [4.78, 5) is 2.24. The van der Waals surface area contributed by atoms with Crippen LogP contribution in [-0.2, 0) is 0 Å². The first-order valence-electron chi connectivity index (χ1n) is 4.27. The van der Waals surface area contributed by atoms with E-state index in [9.17, 15) is 0 Å². The summed E-state index contributed by atoms with van der Waals surface area (Å²) >= 11 is 5.23. The topological polar surface area (TPSA) is 15.3 Å². The highest BCUT2D eigenvalue weighted by Gasteiger charge is 2.38. The number of hydrogen-bond acceptors (Lipinski definition) is 1. The van der Waals surface area contributed by atoms with Gasteiger partial charge in [-0.2, -0.15) is 0 Å². The van der Waals surface area contributed by atoms with Crippen molar-refractivity contribution >= 4 is 17.3 Å². The van der Waals surface area contributed by atoms with Crippen LogP contribution in [0.3, 0.4) is 0 Å².